The summed E-state index contributed by atoms with van der Waals surface area (Å²) in [5, 5.41) is 3.36. The average Bonchev–Trinajstić information content (AvgIpc) is 2.98. The summed E-state index contributed by atoms with van der Waals surface area (Å²) in [6.07, 6.45) is 1.60. The molecule has 1 N–H and O–H groups in total. The first-order valence-electron chi connectivity index (χ1n) is 7.98. The SMILES string of the molecule is Cc1cc(CNCc2ccc(N3CCCC3=O)cc2)ccc1F. The van der Waals surface area contributed by atoms with Crippen molar-refractivity contribution in [3.63, 3.8) is 0 Å². The number of halogens is 1. The minimum absolute atomic E-state index is 0.166. The summed E-state index contributed by atoms with van der Waals surface area (Å²) in [4.78, 5) is 13.6. The van der Waals surface area contributed by atoms with Crippen molar-refractivity contribution in [1.29, 1.82) is 0 Å². The minimum Gasteiger partial charge on any atom is -0.312 e. The van der Waals surface area contributed by atoms with Gasteiger partial charge in [0.05, 0.1) is 0 Å². The zero-order valence-corrected chi connectivity index (χ0v) is 13.3. The number of aryl methyl sites for hydroxylation is 1. The van der Waals surface area contributed by atoms with Crippen LogP contribution >= 0.6 is 0 Å². The van der Waals surface area contributed by atoms with E-state index in [0.29, 0.717) is 18.5 Å². The smallest absolute Gasteiger partial charge is 0.227 e. The summed E-state index contributed by atoms with van der Waals surface area (Å²) in [7, 11) is 0. The summed E-state index contributed by atoms with van der Waals surface area (Å²) in [6.45, 7) is 4.04. The number of nitrogens with one attached hydrogen (secondary N) is 1. The van der Waals surface area contributed by atoms with Crippen molar-refractivity contribution in [3.8, 4) is 0 Å². The fraction of sp³-hybridized carbons (Fsp3) is 0.316. The van der Waals surface area contributed by atoms with Crippen molar-refractivity contribution in [3.05, 3.63) is 65.0 Å². The Kier molecular flexibility index (Phi) is 4.72. The number of hydrogen-bond donors (Lipinski definition) is 1. The third-order valence-corrected chi connectivity index (χ3v) is 4.20. The molecule has 1 aliphatic heterocycles. The number of nitrogens with zero attached hydrogens (tertiary/aromatic N) is 1. The van der Waals surface area contributed by atoms with Gasteiger partial charge in [-0.1, -0.05) is 24.3 Å². The molecule has 0 unspecified atom stereocenters. The molecule has 0 radical (unpaired) electrons. The monoisotopic (exact) mass is 312 g/mol. The molecule has 2 aromatic carbocycles. The number of rotatable bonds is 5. The van der Waals surface area contributed by atoms with Crippen LogP contribution in [0.5, 0.6) is 0 Å². The topological polar surface area (TPSA) is 32.3 Å². The van der Waals surface area contributed by atoms with Crippen molar-refractivity contribution in [2.45, 2.75) is 32.9 Å². The molecule has 0 atom stereocenters. The molecule has 2 aromatic rings. The number of carbonyl (C=O) groups excluding carboxylic acids is 1. The van der Waals surface area contributed by atoms with E-state index < -0.39 is 0 Å². The Morgan fingerprint density at radius 3 is 2.43 bits per heavy atom. The van der Waals surface area contributed by atoms with Crippen LogP contribution in [0.2, 0.25) is 0 Å². The maximum Gasteiger partial charge on any atom is 0.227 e. The zero-order chi connectivity index (χ0) is 16.2. The molecule has 120 valence electrons. The molecule has 4 heteroatoms. The van der Waals surface area contributed by atoms with Crippen LogP contribution in [0.4, 0.5) is 10.1 Å². The van der Waals surface area contributed by atoms with Gasteiger partial charge in [0.15, 0.2) is 0 Å². The van der Waals surface area contributed by atoms with Crippen LogP contribution in [0.25, 0.3) is 0 Å². The van der Waals surface area contributed by atoms with Crippen molar-refractivity contribution >= 4 is 11.6 Å². The normalized spacial score (nSPS) is 14.5. The van der Waals surface area contributed by atoms with Gasteiger partial charge in [-0.15, -0.1) is 0 Å². The molecular weight excluding hydrogens is 291 g/mol. The Morgan fingerprint density at radius 2 is 1.78 bits per heavy atom. The van der Waals surface area contributed by atoms with E-state index in [9.17, 15) is 9.18 Å². The van der Waals surface area contributed by atoms with Gasteiger partial charge >= 0.3 is 0 Å². The van der Waals surface area contributed by atoms with Gasteiger partial charge in [-0.05, 0) is 48.2 Å². The van der Waals surface area contributed by atoms with Crippen molar-refractivity contribution < 1.29 is 9.18 Å². The highest BCUT2D eigenvalue weighted by Crippen LogP contribution is 2.21. The van der Waals surface area contributed by atoms with Gasteiger partial charge in [0.2, 0.25) is 5.91 Å². The summed E-state index contributed by atoms with van der Waals surface area (Å²) in [5.41, 5.74) is 3.89. The zero-order valence-electron chi connectivity index (χ0n) is 13.3. The highest BCUT2D eigenvalue weighted by molar-refractivity contribution is 5.95. The highest BCUT2D eigenvalue weighted by atomic mass is 19.1. The van der Waals surface area contributed by atoms with E-state index in [2.05, 4.69) is 5.32 Å². The van der Waals surface area contributed by atoms with Gasteiger partial charge in [-0.25, -0.2) is 4.39 Å². The van der Waals surface area contributed by atoms with Crippen LogP contribution in [0, 0.1) is 12.7 Å². The van der Waals surface area contributed by atoms with Crippen LogP contribution in [-0.4, -0.2) is 12.5 Å². The predicted octanol–water partition coefficient (Wildman–Crippen LogP) is 3.55. The summed E-state index contributed by atoms with van der Waals surface area (Å²) < 4.78 is 13.2. The Morgan fingerprint density at radius 1 is 1.09 bits per heavy atom. The van der Waals surface area contributed by atoms with E-state index in [-0.39, 0.29) is 11.7 Å². The molecular formula is C19H21FN2O. The van der Waals surface area contributed by atoms with Crippen LogP contribution in [-0.2, 0) is 17.9 Å². The molecule has 23 heavy (non-hydrogen) atoms. The second-order valence-corrected chi connectivity index (χ2v) is 6.00. The van der Waals surface area contributed by atoms with Gasteiger partial charge in [-0.3, -0.25) is 4.79 Å². The van der Waals surface area contributed by atoms with Gasteiger partial charge in [-0.2, -0.15) is 0 Å². The van der Waals surface area contributed by atoms with E-state index in [1.54, 1.807) is 13.0 Å². The van der Waals surface area contributed by atoms with Crippen LogP contribution in [0.15, 0.2) is 42.5 Å². The van der Waals surface area contributed by atoms with Crippen LogP contribution in [0.1, 0.15) is 29.5 Å². The lowest BCUT2D eigenvalue weighted by Gasteiger charge is -2.16. The van der Waals surface area contributed by atoms with Crippen molar-refractivity contribution in [2.24, 2.45) is 0 Å². The standard InChI is InChI=1S/C19H21FN2O/c1-14-11-16(6-9-18(14)20)13-21-12-15-4-7-17(8-5-15)22-10-2-3-19(22)23/h4-9,11,21H,2-3,10,12-13H2,1H3. The molecule has 0 spiro atoms. The lowest BCUT2D eigenvalue weighted by Crippen LogP contribution is -2.23. The second kappa shape index (κ2) is 6.92. The molecule has 1 amide bonds. The van der Waals surface area contributed by atoms with Crippen LogP contribution < -0.4 is 10.2 Å². The van der Waals surface area contributed by atoms with E-state index in [4.69, 9.17) is 0 Å². The first kappa shape index (κ1) is 15.7. The lowest BCUT2D eigenvalue weighted by atomic mass is 10.1. The molecule has 0 aliphatic carbocycles. The fourth-order valence-electron chi connectivity index (χ4n) is 2.88. The largest absolute Gasteiger partial charge is 0.312 e. The summed E-state index contributed by atoms with van der Waals surface area (Å²) in [6, 6.07) is 13.3. The van der Waals surface area contributed by atoms with Gasteiger partial charge < -0.3 is 10.2 Å². The number of hydrogen-bond acceptors (Lipinski definition) is 2. The average molecular weight is 312 g/mol. The fourth-order valence-corrected chi connectivity index (χ4v) is 2.88. The van der Waals surface area contributed by atoms with E-state index in [1.165, 1.54) is 11.6 Å². The number of benzene rings is 2. The Balaban J connectivity index is 1.54. The maximum absolute atomic E-state index is 13.2. The lowest BCUT2D eigenvalue weighted by molar-refractivity contribution is -0.117. The van der Waals surface area contributed by atoms with E-state index in [0.717, 1.165) is 30.8 Å². The first-order chi connectivity index (χ1) is 11.1. The Hall–Kier alpha value is -2.20. The van der Waals surface area contributed by atoms with Gasteiger partial charge in [0, 0.05) is 31.7 Å². The second-order valence-electron chi connectivity index (χ2n) is 6.00. The number of carbonyl (C=O) groups is 1. The van der Waals surface area contributed by atoms with Gasteiger partial charge in [0.1, 0.15) is 5.82 Å². The molecule has 3 nitrogen and oxygen atoms in total. The van der Waals surface area contributed by atoms with Crippen molar-refractivity contribution in [1.82, 2.24) is 5.32 Å². The minimum atomic E-state index is -0.166. The van der Waals surface area contributed by atoms with E-state index in [1.807, 2.05) is 35.2 Å². The number of amides is 1. The van der Waals surface area contributed by atoms with Crippen LogP contribution in [0.3, 0.4) is 0 Å². The molecule has 0 bridgehead atoms. The Bertz CT molecular complexity index is 697. The van der Waals surface area contributed by atoms with Crippen molar-refractivity contribution in [2.75, 3.05) is 11.4 Å². The molecule has 1 fully saturated rings. The first-order valence-corrected chi connectivity index (χ1v) is 7.98. The molecule has 1 aliphatic rings. The molecule has 0 aromatic heterocycles. The molecule has 0 saturated carbocycles. The maximum atomic E-state index is 13.2. The number of anilines is 1. The van der Waals surface area contributed by atoms with Gasteiger partial charge in [0.25, 0.3) is 0 Å². The molecule has 3 rings (SSSR count). The summed E-state index contributed by atoms with van der Waals surface area (Å²) in [5.74, 6) is 0.0448. The Labute approximate surface area is 136 Å². The molecule has 1 heterocycles. The third-order valence-electron chi connectivity index (χ3n) is 4.20. The highest BCUT2D eigenvalue weighted by Gasteiger charge is 2.21. The predicted molar refractivity (Wildman–Crippen MR) is 89.7 cm³/mol. The quantitative estimate of drug-likeness (QED) is 0.915. The van der Waals surface area contributed by atoms with E-state index >= 15 is 0 Å². The third kappa shape index (κ3) is 3.77. The molecule has 1 saturated heterocycles. The summed E-state index contributed by atoms with van der Waals surface area (Å²) >= 11 is 0.